The van der Waals surface area contributed by atoms with E-state index < -0.39 is 6.03 Å². The molecule has 0 atom stereocenters. The fourth-order valence-corrected chi connectivity index (χ4v) is 1.84. The SMILES string of the molecule is N#Cc1ccc(NC(=O)Nc2ccccc2Cl)cc1C#N. The Morgan fingerprint density at radius 3 is 2.38 bits per heavy atom. The Morgan fingerprint density at radius 2 is 1.71 bits per heavy atom. The summed E-state index contributed by atoms with van der Waals surface area (Å²) < 4.78 is 0. The number of nitrogens with one attached hydrogen (secondary N) is 2. The number of carbonyl (C=O) groups excluding carboxylic acids is 1. The van der Waals surface area contributed by atoms with Gasteiger partial charge in [-0.25, -0.2) is 4.79 Å². The van der Waals surface area contributed by atoms with Crippen molar-refractivity contribution in [3.05, 3.63) is 58.6 Å². The first-order valence-corrected chi connectivity index (χ1v) is 6.28. The zero-order valence-corrected chi connectivity index (χ0v) is 11.5. The summed E-state index contributed by atoms with van der Waals surface area (Å²) in [5.74, 6) is 0. The van der Waals surface area contributed by atoms with E-state index in [1.54, 1.807) is 30.3 Å². The average Bonchev–Trinajstić information content (AvgIpc) is 2.49. The summed E-state index contributed by atoms with van der Waals surface area (Å²) in [4.78, 5) is 11.9. The Balaban J connectivity index is 2.12. The molecule has 2 aromatic rings. The third-order valence-electron chi connectivity index (χ3n) is 2.64. The quantitative estimate of drug-likeness (QED) is 0.885. The fraction of sp³-hybridized carbons (Fsp3) is 0. The summed E-state index contributed by atoms with van der Waals surface area (Å²) in [5.41, 5.74) is 1.35. The molecule has 0 spiro atoms. The minimum absolute atomic E-state index is 0.202. The van der Waals surface area contributed by atoms with Crippen LogP contribution in [0.4, 0.5) is 16.2 Å². The second-order valence-corrected chi connectivity index (χ2v) is 4.45. The maximum Gasteiger partial charge on any atom is 0.323 e. The molecule has 0 heterocycles. The van der Waals surface area contributed by atoms with Crippen LogP contribution in [0.25, 0.3) is 0 Å². The first-order valence-electron chi connectivity index (χ1n) is 5.91. The van der Waals surface area contributed by atoms with Crippen molar-refractivity contribution in [1.82, 2.24) is 0 Å². The lowest BCUT2D eigenvalue weighted by molar-refractivity contribution is 0.262. The third kappa shape index (κ3) is 3.50. The van der Waals surface area contributed by atoms with Crippen molar-refractivity contribution < 1.29 is 4.79 Å². The molecule has 0 aromatic heterocycles. The average molecular weight is 297 g/mol. The Bertz CT molecular complexity index is 774. The number of para-hydroxylation sites is 1. The van der Waals surface area contributed by atoms with E-state index in [9.17, 15) is 4.79 Å². The zero-order chi connectivity index (χ0) is 15.2. The molecule has 0 aliphatic heterocycles. The number of rotatable bonds is 2. The summed E-state index contributed by atoms with van der Waals surface area (Å²) in [6, 6.07) is 14.6. The number of anilines is 2. The molecule has 0 aliphatic rings. The van der Waals surface area contributed by atoms with E-state index in [0.29, 0.717) is 16.4 Å². The van der Waals surface area contributed by atoms with Crippen molar-refractivity contribution in [2.75, 3.05) is 10.6 Å². The summed E-state index contributed by atoms with van der Waals surface area (Å²) in [5, 5.41) is 23.4. The summed E-state index contributed by atoms with van der Waals surface area (Å²) in [7, 11) is 0. The highest BCUT2D eigenvalue weighted by Gasteiger charge is 2.07. The van der Waals surface area contributed by atoms with E-state index >= 15 is 0 Å². The number of amides is 2. The van der Waals surface area contributed by atoms with Crippen LogP contribution in [0.15, 0.2) is 42.5 Å². The van der Waals surface area contributed by atoms with Gasteiger partial charge < -0.3 is 10.6 Å². The number of hydrogen-bond acceptors (Lipinski definition) is 3. The van der Waals surface area contributed by atoms with E-state index in [2.05, 4.69) is 10.6 Å². The van der Waals surface area contributed by atoms with E-state index in [4.69, 9.17) is 22.1 Å². The van der Waals surface area contributed by atoms with Crippen molar-refractivity contribution in [3.8, 4) is 12.1 Å². The van der Waals surface area contributed by atoms with Crippen molar-refractivity contribution in [3.63, 3.8) is 0 Å². The Hall–Kier alpha value is -3.02. The number of urea groups is 1. The minimum atomic E-state index is -0.489. The van der Waals surface area contributed by atoms with Crippen LogP contribution in [-0.2, 0) is 0 Å². The molecule has 0 fully saturated rings. The van der Waals surface area contributed by atoms with Gasteiger partial charge in [0.15, 0.2) is 0 Å². The number of hydrogen-bond donors (Lipinski definition) is 2. The highest BCUT2D eigenvalue weighted by atomic mass is 35.5. The van der Waals surface area contributed by atoms with Gasteiger partial charge in [-0.15, -0.1) is 0 Å². The number of nitriles is 2. The van der Waals surface area contributed by atoms with Crippen molar-refractivity contribution >= 4 is 29.0 Å². The van der Waals surface area contributed by atoms with Gasteiger partial charge in [-0.3, -0.25) is 0 Å². The molecule has 0 saturated heterocycles. The molecule has 0 unspecified atom stereocenters. The molecule has 21 heavy (non-hydrogen) atoms. The second-order valence-electron chi connectivity index (χ2n) is 4.04. The number of benzene rings is 2. The number of nitrogens with zero attached hydrogens (tertiary/aromatic N) is 2. The lowest BCUT2D eigenvalue weighted by atomic mass is 10.1. The molecular weight excluding hydrogens is 288 g/mol. The van der Waals surface area contributed by atoms with Crippen LogP contribution in [0.3, 0.4) is 0 Å². The smallest absolute Gasteiger partial charge is 0.308 e. The molecule has 2 aromatic carbocycles. The van der Waals surface area contributed by atoms with Crippen molar-refractivity contribution in [2.45, 2.75) is 0 Å². The monoisotopic (exact) mass is 296 g/mol. The molecule has 2 amide bonds. The molecule has 6 heteroatoms. The molecule has 2 N–H and O–H groups in total. The van der Waals surface area contributed by atoms with E-state index in [1.807, 2.05) is 12.1 Å². The third-order valence-corrected chi connectivity index (χ3v) is 2.97. The Kier molecular flexibility index (Phi) is 4.40. The lowest BCUT2D eigenvalue weighted by Gasteiger charge is -2.09. The van der Waals surface area contributed by atoms with Crippen LogP contribution in [0, 0.1) is 22.7 Å². The molecule has 0 bridgehead atoms. The predicted molar refractivity (Wildman–Crippen MR) is 80.0 cm³/mol. The van der Waals surface area contributed by atoms with Gasteiger partial charge in [0.2, 0.25) is 0 Å². The molecule has 0 aliphatic carbocycles. The topological polar surface area (TPSA) is 88.7 Å². The minimum Gasteiger partial charge on any atom is -0.308 e. The highest BCUT2D eigenvalue weighted by Crippen LogP contribution is 2.21. The number of carbonyl (C=O) groups is 1. The van der Waals surface area contributed by atoms with Gasteiger partial charge in [0, 0.05) is 5.69 Å². The van der Waals surface area contributed by atoms with Crippen LogP contribution in [0.2, 0.25) is 5.02 Å². The Morgan fingerprint density at radius 1 is 1.00 bits per heavy atom. The summed E-state index contributed by atoms with van der Waals surface area (Å²) in [6.45, 7) is 0. The first-order chi connectivity index (χ1) is 10.1. The summed E-state index contributed by atoms with van der Waals surface area (Å²) >= 11 is 5.94. The molecule has 0 radical (unpaired) electrons. The van der Waals surface area contributed by atoms with Gasteiger partial charge in [-0.2, -0.15) is 10.5 Å². The van der Waals surface area contributed by atoms with Crippen LogP contribution in [0.5, 0.6) is 0 Å². The van der Waals surface area contributed by atoms with Crippen LogP contribution >= 0.6 is 11.6 Å². The molecule has 102 valence electrons. The molecule has 2 rings (SSSR count). The van der Waals surface area contributed by atoms with Crippen molar-refractivity contribution in [2.24, 2.45) is 0 Å². The predicted octanol–water partition coefficient (Wildman–Crippen LogP) is 3.73. The largest absolute Gasteiger partial charge is 0.323 e. The van der Waals surface area contributed by atoms with E-state index in [0.717, 1.165) is 0 Å². The Labute approximate surface area is 126 Å². The van der Waals surface area contributed by atoms with Gasteiger partial charge >= 0.3 is 6.03 Å². The maximum absolute atomic E-state index is 11.9. The van der Waals surface area contributed by atoms with Gasteiger partial charge in [-0.05, 0) is 30.3 Å². The summed E-state index contributed by atoms with van der Waals surface area (Å²) in [6.07, 6.45) is 0. The maximum atomic E-state index is 11.9. The van der Waals surface area contributed by atoms with E-state index in [-0.39, 0.29) is 11.1 Å². The molecule has 0 saturated carbocycles. The van der Waals surface area contributed by atoms with Crippen LogP contribution in [-0.4, -0.2) is 6.03 Å². The molecular formula is C15H9ClN4O. The standard InChI is InChI=1S/C15H9ClN4O/c16-13-3-1-2-4-14(13)20-15(21)19-12-6-5-10(8-17)11(7-12)9-18/h1-7H,(H2,19,20,21). The van der Waals surface area contributed by atoms with E-state index in [1.165, 1.54) is 12.1 Å². The highest BCUT2D eigenvalue weighted by molar-refractivity contribution is 6.33. The normalized spacial score (nSPS) is 9.29. The number of halogens is 1. The van der Waals surface area contributed by atoms with Crippen LogP contribution < -0.4 is 10.6 Å². The zero-order valence-electron chi connectivity index (χ0n) is 10.7. The van der Waals surface area contributed by atoms with Gasteiger partial charge in [0.05, 0.1) is 21.8 Å². The van der Waals surface area contributed by atoms with Gasteiger partial charge in [-0.1, -0.05) is 23.7 Å². The fourth-order valence-electron chi connectivity index (χ4n) is 1.66. The van der Waals surface area contributed by atoms with Gasteiger partial charge in [0.25, 0.3) is 0 Å². The van der Waals surface area contributed by atoms with Crippen LogP contribution in [0.1, 0.15) is 11.1 Å². The second kappa shape index (κ2) is 6.42. The van der Waals surface area contributed by atoms with Crippen molar-refractivity contribution in [1.29, 1.82) is 10.5 Å². The lowest BCUT2D eigenvalue weighted by Crippen LogP contribution is -2.19. The first kappa shape index (κ1) is 14.4. The van der Waals surface area contributed by atoms with Gasteiger partial charge in [0.1, 0.15) is 12.1 Å². The molecule has 5 nitrogen and oxygen atoms in total.